The van der Waals surface area contributed by atoms with Crippen LogP contribution in [0.15, 0.2) is 54.6 Å². The van der Waals surface area contributed by atoms with E-state index in [0.29, 0.717) is 6.54 Å². The number of rotatable bonds is 8. The van der Waals surface area contributed by atoms with Gasteiger partial charge in [-0.25, -0.2) is 8.78 Å². The van der Waals surface area contributed by atoms with Gasteiger partial charge in [0.25, 0.3) is 5.91 Å². The second kappa shape index (κ2) is 11.5. The number of nitrogens with zero attached hydrogens (tertiary/aromatic N) is 1. The number of halogens is 2. The standard InChI is InChI=1S/C30H30F2N2O5/c1-18-14-20(6-9-23(18)19-4-7-22(31)8-5-19)28(36)30(37)33-25(17-34-10-2-3-11-34)27(35)21-15-24(32)29-26(16-21)38-12-13-39-29/h4-9,14-16,25,27,35H,2-3,10-13,17H2,1H3,(H,33,37)/t25-,27-/m1/s1. The van der Waals surface area contributed by atoms with Crippen molar-refractivity contribution in [2.75, 3.05) is 32.8 Å². The molecule has 39 heavy (non-hydrogen) atoms. The van der Waals surface area contributed by atoms with Crippen molar-refractivity contribution in [3.63, 3.8) is 0 Å². The molecule has 0 unspecified atom stereocenters. The van der Waals surface area contributed by atoms with E-state index in [0.717, 1.165) is 42.6 Å². The Morgan fingerprint density at radius 3 is 2.44 bits per heavy atom. The summed E-state index contributed by atoms with van der Waals surface area (Å²) in [7, 11) is 0. The van der Waals surface area contributed by atoms with Crippen molar-refractivity contribution < 1.29 is 33.0 Å². The predicted octanol–water partition coefficient (Wildman–Crippen LogP) is 4.21. The highest BCUT2D eigenvalue weighted by atomic mass is 19.1. The van der Waals surface area contributed by atoms with Gasteiger partial charge in [0, 0.05) is 12.1 Å². The Balaban J connectivity index is 1.35. The number of benzene rings is 3. The number of aliphatic hydroxyl groups excluding tert-OH is 1. The lowest BCUT2D eigenvalue weighted by molar-refractivity contribution is -0.118. The first-order valence-corrected chi connectivity index (χ1v) is 13.0. The number of hydrogen-bond donors (Lipinski definition) is 2. The van der Waals surface area contributed by atoms with Crippen molar-refractivity contribution in [2.24, 2.45) is 0 Å². The van der Waals surface area contributed by atoms with Crippen molar-refractivity contribution in [3.8, 4) is 22.6 Å². The zero-order valence-corrected chi connectivity index (χ0v) is 21.6. The van der Waals surface area contributed by atoms with Gasteiger partial charge in [-0.3, -0.25) is 9.59 Å². The monoisotopic (exact) mass is 536 g/mol. The maximum atomic E-state index is 14.7. The van der Waals surface area contributed by atoms with Gasteiger partial charge in [-0.15, -0.1) is 0 Å². The van der Waals surface area contributed by atoms with E-state index < -0.39 is 29.7 Å². The number of ether oxygens (including phenoxy) is 2. The molecule has 2 aliphatic heterocycles. The van der Waals surface area contributed by atoms with Crippen LogP contribution >= 0.6 is 0 Å². The molecule has 204 valence electrons. The topological polar surface area (TPSA) is 88.1 Å². The third-order valence-electron chi connectivity index (χ3n) is 7.16. The van der Waals surface area contributed by atoms with Crippen LogP contribution in [0.3, 0.4) is 0 Å². The zero-order chi connectivity index (χ0) is 27.5. The summed E-state index contributed by atoms with van der Waals surface area (Å²) in [6.07, 6.45) is 0.692. The molecule has 1 fully saturated rings. The van der Waals surface area contributed by atoms with Gasteiger partial charge >= 0.3 is 0 Å². The van der Waals surface area contributed by atoms with Gasteiger partial charge in [-0.2, -0.15) is 0 Å². The highest BCUT2D eigenvalue weighted by Crippen LogP contribution is 2.36. The lowest BCUT2D eigenvalue weighted by atomic mass is 9.96. The first kappa shape index (κ1) is 26.8. The molecule has 3 aromatic rings. The van der Waals surface area contributed by atoms with E-state index >= 15 is 0 Å². The molecule has 1 amide bonds. The summed E-state index contributed by atoms with van der Waals surface area (Å²) in [6, 6.07) is 12.7. The molecule has 2 aliphatic rings. The molecule has 0 aliphatic carbocycles. The van der Waals surface area contributed by atoms with Crippen molar-refractivity contribution in [1.29, 1.82) is 0 Å². The van der Waals surface area contributed by atoms with Crippen LogP contribution in [0, 0.1) is 18.6 Å². The molecule has 9 heteroatoms. The fourth-order valence-corrected chi connectivity index (χ4v) is 5.12. The molecule has 0 spiro atoms. The lowest BCUT2D eigenvalue weighted by Gasteiger charge is -2.29. The Morgan fingerprint density at radius 1 is 1.00 bits per heavy atom. The van der Waals surface area contributed by atoms with Gasteiger partial charge in [0.15, 0.2) is 17.3 Å². The van der Waals surface area contributed by atoms with E-state index in [1.807, 2.05) is 6.92 Å². The molecule has 0 bridgehead atoms. The molecule has 2 N–H and O–H groups in total. The Morgan fingerprint density at radius 2 is 1.72 bits per heavy atom. The Labute approximate surface area is 225 Å². The molecule has 2 heterocycles. The smallest absolute Gasteiger partial charge is 0.292 e. The number of carbonyl (C=O) groups is 2. The summed E-state index contributed by atoms with van der Waals surface area (Å²) >= 11 is 0. The zero-order valence-electron chi connectivity index (χ0n) is 21.6. The van der Waals surface area contributed by atoms with Crippen molar-refractivity contribution in [2.45, 2.75) is 31.9 Å². The minimum absolute atomic E-state index is 0.00744. The van der Waals surface area contributed by atoms with Gasteiger partial charge in [0.1, 0.15) is 25.1 Å². The van der Waals surface area contributed by atoms with Crippen LogP contribution in [0.5, 0.6) is 11.5 Å². The molecule has 0 saturated carbocycles. The first-order chi connectivity index (χ1) is 18.8. The van der Waals surface area contributed by atoms with Crippen LogP contribution in [-0.4, -0.2) is 60.6 Å². The van der Waals surface area contributed by atoms with Crippen molar-refractivity contribution in [1.82, 2.24) is 10.2 Å². The highest BCUT2D eigenvalue weighted by molar-refractivity contribution is 6.43. The summed E-state index contributed by atoms with van der Waals surface area (Å²) < 4.78 is 38.8. The first-order valence-electron chi connectivity index (χ1n) is 13.0. The second-order valence-electron chi connectivity index (χ2n) is 9.93. The number of ketones is 1. The van der Waals surface area contributed by atoms with E-state index in [1.165, 1.54) is 24.3 Å². The van der Waals surface area contributed by atoms with E-state index in [4.69, 9.17) is 9.47 Å². The van der Waals surface area contributed by atoms with Gasteiger partial charge < -0.3 is 24.8 Å². The van der Waals surface area contributed by atoms with Gasteiger partial charge in [0.2, 0.25) is 5.78 Å². The number of nitrogens with one attached hydrogen (secondary N) is 1. The quantitative estimate of drug-likeness (QED) is 0.331. The van der Waals surface area contributed by atoms with Crippen LogP contribution in [0.2, 0.25) is 0 Å². The fourth-order valence-electron chi connectivity index (χ4n) is 5.12. The Hall–Kier alpha value is -3.82. The predicted molar refractivity (Wildman–Crippen MR) is 141 cm³/mol. The molecule has 7 nitrogen and oxygen atoms in total. The molecular formula is C30H30F2N2O5. The van der Waals surface area contributed by atoms with Gasteiger partial charge in [-0.05, 0) is 85.4 Å². The summed E-state index contributed by atoms with van der Waals surface area (Å²) in [6.45, 7) is 4.18. The molecule has 3 aromatic carbocycles. The number of aryl methyl sites for hydroxylation is 1. The van der Waals surface area contributed by atoms with Crippen LogP contribution < -0.4 is 14.8 Å². The van der Waals surface area contributed by atoms with E-state index in [1.54, 1.807) is 30.3 Å². The molecule has 5 rings (SSSR count). The van der Waals surface area contributed by atoms with E-state index in [9.17, 15) is 23.5 Å². The maximum Gasteiger partial charge on any atom is 0.292 e. The lowest BCUT2D eigenvalue weighted by Crippen LogP contribution is -2.48. The Bertz CT molecular complexity index is 1370. The Kier molecular flexibility index (Phi) is 7.90. The number of Topliss-reactive ketones (excluding diaryl/α,β-unsaturated/α-hetero) is 1. The minimum Gasteiger partial charge on any atom is -0.486 e. The SMILES string of the molecule is Cc1cc(C(=O)C(=O)N[C@H](CN2CCCC2)[C@H](O)c2cc(F)c3c(c2)OCCO3)ccc1-c1ccc(F)cc1. The van der Waals surface area contributed by atoms with Gasteiger partial charge in [0.05, 0.1) is 6.04 Å². The summed E-state index contributed by atoms with van der Waals surface area (Å²) in [5, 5.41) is 13.9. The second-order valence-corrected chi connectivity index (χ2v) is 9.93. The normalized spacial score (nSPS) is 16.5. The molecule has 2 atom stereocenters. The highest BCUT2D eigenvalue weighted by Gasteiger charge is 2.31. The summed E-state index contributed by atoms with van der Waals surface area (Å²) in [5.74, 6) is -2.45. The van der Waals surface area contributed by atoms with Crippen LogP contribution in [0.1, 0.15) is 40.4 Å². The molecule has 0 aromatic heterocycles. The van der Waals surface area contributed by atoms with Crippen LogP contribution in [-0.2, 0) is 4.79 Å². The van der Waals surface area contributed by atoms with E-state index in [2.05, 4.69) is 10.2 Å². The summed E-state index contributed by atoms with van der Waals surface area (Å²) in [4.78, 5) is 28.3. The van der Waals surface area contributed by atoms with Crippen molar-refractivity contribution in [3.05, 3.63) is 82.9 Å². The average molecular weight is 537 g/mol. The van der Waals surface area contributed by atoms with Crippen molar-refractivity contribution >= 4 is 11.7 Å². The molecule has 1 saturated heterocycles. The van der Waals surface area contributed by atoms with E-state index in [-0.39, 0.29) is 41.7 Å². The van der Waals surface area contributed by atoms with Gasteiger partial charge in [-0.1, -0.05) is 24.3 Å². The summed E-state index contributed by atoms with van der Waals surface area (Å²) in [5.41, 5.74) is 2.76. The maximum absolute atomic E-state index is 14.7. The number of hydrogen-bond acceptors (Lipinski definition) is 6. The molecule has 0 radical (unpaired) electrons. The molecular weight excluding hydrogens is 506 g/mol. The number of aliphatic hydroxyl groups is 1. The number of likely N-dealkylation sites (tertiary alicyclic amines) is 1. The largest absolute Gasteiger partial charge is 0.486 e. The average Bonchev–Trinajstić information content (AvgIpc) is 3.45. The van der Waals surface area contributed by atoms with Crippen LogP contribution in [0.25, 0.3) is 11.1 Å². The minimum atomic E-state index is -1.30. The number of fused-ring (bicyclic) bond motifs is 1. The van der Waals surface area contributed by atoms with Crippen LogP contribution in [0.4, 0.5) is 8.78 Å². The number of amides is 1. The fraction of sp³-hybridized carbons (Fsp3) is 0.333. The third-order valence-corrected chi connectivity index (χ3v) is 7.16. The number of carbonyl (C=O) groups excluding carboxylic acids is 2. The third kappa shape index (κ3) is 5.94.